The van der Waals surface area contributed by atoms with Crippen LogP contribution in [0, 0.1) is 0 Å². The highest BCUT2D eigenvalue weighted by Crippen LogP contribution is 2.30. The normalized spacial score (nSPS) is 30.0. The van der Waals surface area contributed by atoms with Crippen LogP contribution in [-0.2, 0) is 62.3 Å². The highest BCUT2D eigenvalue weighted by atomic mass is 16.4. The van der Waals surface area contributed by atoms with Crippen LogP contribution in [0.25, 0.3) is 0 Å². The van der Waals surface area contributed by atoms with E-state index in [0.29, 0.717) is 38.6 Å². The van der Waals surface area contributed by atoms with Crippen LogP contribution in [0.2, 0.25) is 0 Å². The zero-order valence-electron chi connectivity index (χ0n) is 44.8. The van der Waals surface area contributed by atoms with Gasteiger partial charge in [-0.25, -0.2) is 0 Å². The van der Waals surface area contributed by atoms with Gasteiger partial charge >= 0.3 is 5.97 Å². The SMILES string of the molecule is NCC(=O)N1CCC[C@H]1C(=O)N1C[C@H](O)C[C@H]1C(=O)NCC(=O)N1CCC[C@H]1C(=O)N1C[C@H](O)C[C@H]1C(=O)NCC(=O)N1CCC[C@H]1C(=O)N1C[C@H](O)C[C@H]1C(=O)NCC(=O)N1CCC[C@H]1C(=O)N1C[C@H](O)C[C@H]1C(=O)NCC(=O)O. The molecule has 8 aliphatic rings. The number of aliphatic hydroxyl groups is 4. The van der Waals surface area contributed by atoms with Crippen LogP contribution in [0.15, 0.2) is 0 Å². The molecule has 0 aromatic carbocycles. The minimum atomic E-state index is -1.31. The fraction of sp³-hybridized carbons (Fsp3) is 0.740. The Balaban J connectivity index is 0.812. The third-order valence-corrected chi connectivity index (χ3v) is 16.7. The number of rotatable bonds is 17. The maximum Gasteiger partial charge on any atom is 0.322 e. The van der Waals surface area contributed by atoms with Gasteiger partial charge in [-0.1, -0.05) is 0 Å². The van der Waals surface area contributed by atoms with E-state index in [9.17, 15) is 82.8 Å². The van der Waals surface area contributed by atoms with Crippen molar-refractivity contribution >= 4 is 76.9 Å². The number of carbonyl (C=O) groups is 13. The van der Waals surface area contributed by atoms with E-state index in [0.717, 1.165) is 14.7 Å². The monoisotopic (exact) mass is 1140 g/mol. The van der Waals surface area contributed by atoms with Gasteiger partial charge in [-0.3, -0.25) is 62.3 Å². The molecule has 8 fully saturated rings. The van der Waals surface area contributed by atoms with Gasteiger partial charge in [0.05, 0.1) is 50.6 Å². The number of likely N-dealkylation sites (tertiary alicyclic amines) is 8. The third kappa shape index (κ3) is 13.2. The Morgan fingerprint density at radius 2 is 0.580 bits per heavy atom. The number of nitrogens with zero attached hydrogens (tertiary/aromatic N) is 8. The molecule has 0 unspecified atom stereocenters. The first-order valence-electron chi connectivity index (χ1n) is 27.7. The Bertz CT molecular complexity index is 2520. The summed E-state index contributed by atoms with van der Waals surface area (Å²) in [5.41, 5.74) is 5.53. The van der Waals surface area contributed by atoms with Crippen molar-refractivity contribution < 1.29 is 87.9 Å². The van der Waals surface area contributed by atoms with Crippen LogP contribution >= 0.6 is 0 Å². The highest BCUT2D eigenvalue weighted by molar-refractivity contribution is 5.99. The van der Waals surface area contributed by atoms with E-state index >= 15 is 0 Å². The maximum absolute atomic E-state index is 14.2. The molecule has 12 atom stereocenters. The van der Waals surface area contributed by atoms with Gasteiger partial charge in [-0.2, -0.15) is 0 Å². The first kappa shape index (κ1) is 60.0. The van der Waals surface area contributed by atoms with Crippen molar-refractivity contribution in [3.8, 4) is 0 Å². The number of hydrogen-bond donors (Lipinski definition) is 10. The number of aliphatic carboxylic acids is 1. The van der Waals surface area contributed by atoms with Crippen molar-refractivity contribution in [2.45, 2.75) is 150 Å². The lowest BCUT2D eigenvalue weighted by molar-refractivity contribution is -0.148. The average molecular weight is 1140 g/mol. The van der Waals surface area contributed by atoms with Crippen molar-refractivity contribution in [1.82, 2.24) is 60.5 Å². The Hall–Kier alpha value is -7.09. The summed E-state index contributed by atoms with van der Waals surface area (Å²) in [6, 6.07) is -8.88. The highest BCUT2D eigenvalue weighted by Gasteiger charge is 2.50. The number of hydrogen-bond acceptors (Lipinski definition) is 18. The molecule has 31 heteroatoms. The Morgan fingerprint density at radius 3 is 0.815 bits per heavy atom. The van der Waals surface area contributed by atoms with Crippen molar-refractivity contribution in [2.24, 2.45) is 5.73 Å². The fourth-order valence-electron chi connectivity index (χ4n) is 12.8. The second-order valence-electron chi connectivity index (χ2n) is 22.0. The van der Waals surface area contributed by atoms with E-state index < -0.39 is 176 Å². The molecular formula is C50H73N13O18. The van der Waals surface area contributed by atoms with E-state index in [4.69, 9.17) is 10.8 Å². The summed E-state index contributed by atoms with van der Waals surface area (Å²) in [6.07, 6.45) is -2.34. The maximum atomic E-state index is 14.2. The molecule has 446 valence electrons. The lowest BCUT2D eigenvalue weighted by Crippen LogP contribution is -2.56. The molecule has 11 N–H and O–H groups in total. The smallest absolute Gasteiger partial charge is 0.322 e. The molecule has 8 aliphatic heterocycles. The molecule has 0 radical (unpaired) electrons. The van der Waals surface area contributed by atoms with Gasteiger partial charge in [0, 0.05) is 78.0 Å². The molecule has 0 saturated carbocycles. The van der Waals surface area contributed by atoms with Crippen LogP contribution in [0.5, 0.6) is 0 Å². The standard InChI is InChI=1S/C50H73N13O18/c51-17-38(68)56-9-1-5-30(56)47(78)60-22-26(64)13-34(60)43(74)52-18-39(69)57-10-2-6-31(57)48(79)61-23-27(65)14-35(61)44(75)53-19-40(70)58-11-3-7-32(58)49(80)62-24-28(66)15-36(62)45(76)54-20-41(71)59-12-4-8-33(59)50(81)63-25-29(67)16-37(63)46(77)55-21-42(72)73/h26-37,64-67H,1-25,51H2,(H,52,74)(H,53,75)(H,54,76)(H,55,77)(H,72,73)/t26-,27-,28-,29-,30+,31+,32+,33+,34+,35+,36+,37+/m1/s1. The summed E-state index contributed by atoms with van der Waals surface area (Å²) in [5, 5.41) is 60.9. The molecular weight excluding hydrogens is 1070 g/mol. The molecule has 0 aromatic rings. The van der Waals surface area contributed by atoms with Gasteiger partial charge in [-0.05, 0) is 51.4 Å². The largest absolute Gasteiger partial charge is 0.480 e. The zero-order valence-corrected chi connectivity index (χ0v) is 44.8. The summed E-state index contributed by atoms with van der Waals surface area (Å²) in [4.78, 5) is 183. The number of β-amino-alcohol motifs (C(OH)–C–C–N with tert-alkyl or cyclic N) is 4. The lowest BCUT2D eigenvalue weighted by Gasteiger charge is -2.32. The topological polar surface area (TPSA) is 423 Å². The van der Waals surface area contributed by atoms with E-state index in [2.05, 4.69) is 21.3 Å². The first-order valence-corrected chi connectivity index (χ1v) is 27.7. The van der Waals surface area contributed by atoms with Gasteiger partial charge in [0.25, 0.3) is 0 Å². The summed E-state index contributed by atoms with van der Waals surface area (Å²) in [5.74, 6) is -9.22. The van der Waals surface area contributed by atoms with Gasteiger partial charge in [0.2, 0.25) is 70.9 Å². The van der Waals surface area contributed by atoms with Gasteiger partial charge in [0.1, 0.15) is 54.9 Å². The van der Waals surface area contributed by atoms with Gasteiger partial charge < -0.3 is 91.7 Å². The Morgan fingerprint density at radius 1 is 0.346 bits per heavy atom. The predicted molar refractivity (Wildman–Crippen MR) is 272 cm³/mol. The molecule has 31 nitrogen and oxygen atoms in total. The molecule has 0 bridgehead atoms. The van der Waals surface area contributed by atoms with Crippen molar-refractivity contribution in [3.63, 3.8) is 0 Å². The quantitative estimate of drug-likeness (QED) is 0.0646. The fourth-order valence-corrected chi connectivity index (χ4v) is 12.8. The second kappa shape index (κ2) is 25.8. The van der Waals surface area contributed by atoms with E-state index in [-0.39, 0.29) is 97.3 Å². The molecule has 8 heterocycles. The lowest BCUT2D eigenvalue weighted by atomic mass is 10.1. The molecule has 12 amide bonds. The molecule has 0 aromatic heterocycles. The molecule has 0 spiro atoms. The molecule has 8 saturated heterocycles. The summed E-state index contributed by atoms with van der Waals surface area (Å²) < 4.78 is 0. The number of nitrogens with two attached hydrogens (primary N) is 1. The van der Waals surface area contributed by atoms with E-state index in [1.807, 2.05) is 0 Å². The number of aliphatic hydroxyl groups excluding tert-OH is 4. The minimum absolute atomic E-state index is 0.0983. The number of amides is 12. The van der Waals surface area contributed by atoms with Crippen LogP contribution in [0.4, 0.5) is 0 Å². The predicted octanol–water partition coefficient (Wildman–Crippen LogP) is -8.69. The van der Waals surface area contributed by atoms with Crippen molar-refractivity contribution in [1.29, 1.82) is 0 Å². The Labute approximate surface area is 464 Å². The molecule has 0 aliphatic carbocycles. The Kier molecular flexibility index (Phi) is 19.1. The van der Waals surface area contributed by atoms with Gasteiger partial charge in [0.15, 0.2) is 0 Å². The van der Waals surface area contributed by atoms with Crippen LogP contribution < -0.4 is 27.0 Å². The van der Waals surface area contributed by atoms with Crippen molar-refractivity contribution in [3.05, 3.63) is 0 Å². The minimum Gasteiger partial charge on any atom is -0.480 e. The second-order valence-corrected chi connectivity index (χ2v) is 22.0. The molecule has 81 heavy (non-hydrogen) atoms. The summed E-state index contributed by atoms with van der Waals surface area (Å²) >= 11 is 0. The number of nitrogens with one attached hydrogen (secondary N) is 4. The zero-order chi connectivity index (χ0) is 58.6. The van der Waals surface area contributed by atoms with Crippen LogP contribution in [-0.4, -0.2) is 299 Å². The molecule has 8 rings (SSSR count). The van der Waals surface area contributed by atoms with E-state index in [1.54, 1.807) is 0 Å². The van der Waals surface area contributed by atoms with Gasteiger partial charge in [-0.15, -0.1) is 0 Å². The summed E-state index contributed by atoms with van der Waals surface area (Å²) in [7, 11) is 0. The van der Waals surface area contributed by atoms with Crippen LogP contribution in [0.3, 0.4) is 0 Å². The first-order chi connectivity index (χ1) is 38.6. The number of carbonyl (C=O) groups excluding carboxylic acids is 12. The average Bonchev–Trinajstić information content (AvgIpc) is 4.32. The van der Waals surface area contributed by atoms with E-state index in [1.165, 1.54) is 24.5 Å². The number of carboxylic acid groups (broad SMARTS) is 1. The summed E-state index contributed by atoms with van der Waals surface area (Å²) in [6.45, 7) is -3.02. The number of carboxylic acids is 1. The van der Waals surface area contributed by atoms with Crippen molar-refractivity contribution in [2.75, 3.05) is 85.1 Å². The van der Waals surface area contributed by atoms with Crippen LogP contribution in [0.1, 0.15) is 77.0 Å². The third-order valence-electron chi connectivity index (χ3n) is 16.7.